The van der Waals surface area contributed by atoms with E-state index in [-0.39, 0.29) is 6.79 Å². The van der Waals surface area contributed by atoms with Crippen LogP contribution in [0.5, 0.6) is 11.5 Å². The summed E-state index contributed by atoms with van der Waals surface area (Å²) in [6.07, 6.45) is 2.53. The number of hydrogen-bond acceptors (Lipinski definition) is 9. The van der Waals surface area contributed by atoms with Crippen LogP contribution in [0.3, 0.4) is 0 Å². The van der Waals surface area contributed by atoms with E-state index in [1.807, 2.05) is 18.2 Å². The molecular formula is C19H26N6O3. The summed E-state index contributed by atoms with van der Waals surface area (Å²) >= 11 is 0. The first-order valence-electron chi connectivity index (χ1n) is 9.56. The fourth-order valence-corrected chi connectivity index (χ4v) is 3.25. The maximum absolute atomic E-state index is 6.24. The summed E-state index contributed by atoms with van der Waals surface area (Å²) in [4.78, 5) is 10.9. The molecule has 1 aromatic carbocycles. The molecule has 0 spiro atoms. The summed E-state index contributed by atoms with van der Waals surface area (Å²) in [7, 11) is 0. The van der Waals surface area contributed by atoms with Gasteiger partial charge in [0.15, 0.2) is 23.1 Å². The molecule has 28 heavy (non-hydrogen) atoms. The summed E-state index contributed by atoms with van der Waals surface area (Å²) < 4.78 is 16.1. The molecule has 0 atom stereocenters. The number of rotatable bonds is 8. The van der Waals surface area contributed by atoms with Gasteiger partial charge in [0.2, 0.25) is 6.79 Å². The standard InChI is InChI=1S/C19H26N6O3/c20-17-18(21-4-1-5-25-6-8-26-9-7-25)23-12-24-19(17)22-11-14-2-3-15-16(10-14)28-13-27-15/h2-3,10,12H,1,4-9,11,13,20H2,(H2,21,22,23,24). The summed E-state index contributed by atoms with van der Waals surface area (Å²) in [5, 5.41) is 6.58. The van der Waals surface area contributed by atoms with Gasteiger partial charge in [0, 0.05) is 26.2 Å². The molecule has 9 nitrogen and oxygen atoms in total. The molecule has 2 aromatic rings. The van der Waals surface area contributed by atoms with Gasteiger partial charge in [0.05, 0.1) is 13.2 Å². The topological polar surface area (TPSA) is 107 Å². The molecule has 4 rings (SSSR count). The molecule has 2 aliphatic heterocycles. The predicted octanol–water partition coefficient (Wildman–Crippen LogP) is 1.53. The SMILES string of the molecule is Nc1c(NCCCN2CCOCC2)ncnc1NCc1ccc2c(c1)OCO2. The van der Waals surface area contributed by atoms with Crippen LogP contribution in [0.25, 0.3) is 0 Å². The second-order valence-electron chi connectivity index (χ2n) is 6.76. The van der Waals surface area contributed by atoms with Crippen molar-refractivity contribution in [1.29, 1.82) is 0 Å². The molecule has 3 heterocycles. The number of benzene rings is 1. The third kappa shape index (κ3) is 4.55. The molecule has 0 bridgehead atoms. The molecular weight excluding hydrogens is 360 g/mol. The molecule has 9 heteroatoms. The maximum atomic E-state index is 6.24. The summed E-state index contributed by atoms with van der Waals surface area (Å²) in [5.41, 5.74) is 7.82. The van der Waals surface area contributed by atoms with Gasteiger partial charge in [-0.05, 0) is 30.7 Å². The Morgan fingerprint density at radius 2 is 1.82 bits per heavy atom. The van der Waals surface area contributed by atoms with E-state index in [9.17, 15) is 0 Å². The Bertz CT molecular complexity index is 797. The van der Waals surface area contributed by atoms with E-state index in [2.05, 4.69) is 25.5 Å². The van der Waals surface area contributed by atoms with Crippen LogP contribution in [0.15, 0.2) is 24.5 Å². The van der Waals surface area contributed by atoms with Crippen molar-refractivity contribution in [2.45, 2.75) is 13.0 Å². The lowest BCUT2D eigenvalue weighted by atomic mass is 10.2. The number of ether oxygens (including phenoxy) is 3. The minimum atomic E-state index is 0.269. The maximum Gasteiger partial charge on any atom is 0.231 e. The van der Waals surface area contributed by atoms with Crippen LogP contribution in [-0.4, -0.2) is 61.1 Å². The van der Waals surface area contributed by atoms with Crippen LogP contribution in [0, 0.1) is 0 Å². The van der Waals surface area contributed by atoms with Gasteiger partial charge in [0.1, 0.15) is 12.0 Å². The Morgan fingerprint density at radius 3 is 2.68 bits per heavy atom. The second-order valence-corrected chi connectivity index (χ2v) is 6.76. The average Bonchev–Trinajstić information content (AvgIpc) is 3.20. The summed E-state index contributed by atoms with van der Waals surface area (Å²) in [6, 6.07) is 5.85. The van der Waals surface area contributed by atoms with E-state index in [0.29, 0.717) is 23.9 Å². The van der Waals surface area contributed by atoms with Crippen molar-refractivity contribution in [3.05, 3.63) is 30.1 Å². The zero-order valence-corrected chi connectivity index (χ0v) is 15.8. The van der Waals surface area contributed by atoms with Crippen molar-refractivity contribution >= 4 is 17.3 Å². The lowest BCUT2D eigenvalue weighted by Gasteiger charge is -2.26. The number of hydrogen-bond donors (Lipinski definition) is 3. The molecule has 0 unspecified atom stereocenters. The Morgan fingerprint density at radius 1 is 1.04 bits per heavy atom. The number of fused-ring (bicyclic) bond motifs is 1. The number of nitrogen functional groups attached to an aromatic ring is 1. The zero-order valence-electron chi connectivity index (χ0n) is 15.8. The molecule has 1 fully saturated rings. The number of nitrogens with zero attached hydrogens (tertiary/aromatic N) is 3. The van der Waals surface area contributed by atoms with Crippen molar-refractivity contribution in [2.75, 3.05) is 62.6 Å². The minimum absolute atomic E-state index is 0.269. The molecule has 4 N–H and O–H groups in total. The highest BCUT2D eigenvalue weighted by molar-refractivity contribution is 5.74. The van der Waals surface area contributed by atoms with Crippen molar-refractivity contribution in [2.24, 2.45) is 0 Å². The first-order valence-corrected chi connectivity index (χ1v) is 9.56. The van der Waals surface area contributed by atoms with Gasteiger partial charge in [-0.25, -0.2) is 9.97 Å². The number of nitrogens with one attached hydrogen (secondary N) is 2. The van der Waals surface area contributed by atoms with Gasteiger partial charge in [-0.2, -0.15) is 0 Å². The van der Waals surface area contributed by atoms with Gasteiger partial charge in [-0.1, -0.05) is 6.07 Å². The summed E-state index contributed by atoms with van der Waals surface area (Å²) in [6.45, 7) is 6.35. The van der Waals surface area contributed by atoms with E-state index >= 15 is 0 Å². The Kier molecular flexibility index (Phi) is 5.93. The average molecular weight is 386 g/mol. The Hall–Kier alpha value is -2.78. The second kappa shape index (κ2) is 8.94. The molecule has 2 aliphatic rings. The van der Waals surface area contributed by atoms with Gasteiger partial charge < -0.3 is 30.6 Å². The lowest BCUT2D eigenvalue weighted by Crippen LogP contribution is -2.37. The van der Waals surface area contributed by atoms with Crippen molar-refractivity contribution < 1.29 is 14.2 Å². The van der Waals surface area contributed by atoms with Crippen LogP contribution in [-0.2, 0) is 11.3 Å². The first-order chi connectivity index (χ1) is 13.8. The zero-order chi connectivity index (χ0) is 19.2. The third-order valence-corrected chi connectivity index (χ3v) is 4.83. The number of aromatic nitrogens is 2. The van der Waals surface area contributed by atoms with E-state index in [0.717, 1.165) is 62.9 Å². The molecule has 150 valence electrons. The van der Waals surface area contributed by atoms with Crippen LogP contribution in [0.1, 0.15) is 12.0 Å². The van der Waals surface area contributed by atoms with Crippen molar-refractivity contribution in [3.63, 3.8) is 0 Å². The summed E-state index contributed by atoms with van der Waals surface area (Å²) in [5.74, 6) is 2.81. The monoisotopic (exact) mass is 386 g/mol. The number of morpholine rings is 1. The predicted molar refractivity (Wildman–Crippen MR) is 107 cm³/mol. The van der Waals surface area contributed by atoms with Crippen LogP contribution in [0.4, 0.5) is 17.3 Å². The highest BCUT2D eigenvalue weighted by atomic mass is 16.7. The van der Waals surface area contributed by atoms with E-state index in [1.165, 1.54) is 6.33 Å². The highest BCUT2D eigenvalue weighted by Gasteiger charge is 2.14. The molecule has 1 saturated heterocycles. The minimum Gasteiger partial charge on any atom is -0.454 e. The smallest absolute Gasteiger partial charge is 0.231 e. The molecule has 0 aliphatic carbocycles. The Balaban J connectivity index is 1.28. The van der Waals surface area contributed by atoms with Crippen molar-refractivity contribution in [3.8, 4) is 11.5 Å². The van der Waals surface area contributed by atoms with Gasteiger partial charge >= 0.3 is 0 Å². The molecule has 1 aromatic heterocycles. The van der Waals surface area contributed by atoms with Crippen molar-refractivity contribution in [1.82, 2.24) is 14.9 Å². The molecule has 0 amide bonds. The van der Waals surface area contributed by atoms with E-state index in [1.54, 1.807) is 0 Å². The van der Waals surface area contributed by atoms with Gasteiger partial charge in [-0.15, -0.1) is 0 Å². The quantitative estimate of drug-likeness (QED) is 0.582. The molecule has 0 saturated carbocycles. The fraction of sp³-hybridized carbons (Fsp3) is 0.474. The third-order valence-electron chi connectivity index (χ3n) is 4.83. The molecule has 0 radical (unpaired) electrons. The van der Waals surface area contributed by atoms with Gasteiger partial charge in [-0.3, -0.25) is 4.90 Å². The van der Waals surface area contributed by atoms with E-state index in [4.69, 9.17) is 19.9 Å². The van der Waals surface area contributed by atoms with Crippen LogP contribution in [0.2, 0.25) is 0 Å². The number of nitrogens with two attached hydrogens (primary N) is 1. The van der Waals surface area contributed by atoms with E-state index < -0.39 is 0 Å². The van der Waals surface area contributed by atoms with Gasteiger partial charge in [0.25, 0.3) is 0 Å². The fourth-order valence-electron chi connectivity index (χ4n) is 3.25. The Labute approximate surface area is 164 Å². The van der Waals surface area contributed by atoms with Crippen LogP contribution < -0.4 is 25.8 Å². The van der Waals surface area contributed by atoms with Crippen LogP contribution >= 0.6 is 0 Å². The number of anilines is 3. The lowest BCUT2D eigenvalue weighted by molar-refractivity contribution is 0.0378. The first kappa shape index (κ1) is 18.6. The largest absolute Gasteiger partial charge is 0.454 e. The normalized spacial score (nSPS) is 16.1. The highest BCUT2D eigenvalue weighted by Crippen LogP contribution is 2.33.